The predicted molar refractivity (Wildman–Crippen MR) is 52.7 cm³/mol. The van der Waals surface area contributed by atoms with Crippen molar-refractivity contribution in [3.63, 3.8) is 0 Å². The molecule has 0 aromatic carbocycles. The van der Waals surface area contributed by atoms with Gasteiger partial charge in [0.2, 0.25) is 0 Å². The molecule has 0 aliphatic carbocycles. The molecule has 0 saturated heterocycles. The molecule has 0 atom stereocenters. The number of hydrogen-bond acceptors (Lipinski definition) is 1. The first kappa shape index (κ1) is 10.2. The second-order valence-electron chi connectivity index (χ2n) is 1.96. The fourth-order valence-corrected chi connectivity index (χ4v) is 0.850. The van der Waals surface area contributed by atoms with Crippen LogP contribution in [-0.2, 0) is 0 Å². The third kappa shape index (κ3) is 7.13. The van der Waals surface area contributed by atoms with Gasteiger partial charge in [-0.2, -0.15) is 0 Å². The molecule has 0 fully saturated rings. The maximum atomic E-state index is 8.69. The van der Waals surface area contributed by atoms with E-state index in [0.29, 0.717) is 6.42 Å². The van der Waals surface area contributed by atoms with E-state index in [1.54, 1.807) is 6.08 Å². The van der Waals surface area contributed by atoms with Gasteiger partial charge in [0, 0.05) is 10.9 Å². The summed E-state index contributed by atoms with van der Waals surface area (Å²) in [5, 5.41) is 8.69. The van der Waals surface area contributed by atoms with Crippen molar-refractivity contribution in [1.29, 1.82) is 0 Å². The molecule has 11 heavy (non-hydrogen) atoms. The van der Waals surface area contributed by atoms with Crippen LogP contribution in [0.4, 0.5) is 0 Å². The maximum Gasteiger partial charge on any atom is 0.0888 e. The van der Waals surface area contributed by atoms with Gasteiger partial charge in [-0.3, -0.25) is 0 Å². The molecule has 0 aromatic heterocycles. The molecule has 0 amide bonds. The highest BCUT2D eigenvalue weighted by Crippen LogP contribution is 2.07. The highest BCUT2D eigenvalue weighted by atomic mass is 79.9. The molecule has 0 aromatic rings. The van der Waals surface area contributed by atoms with Crippen LogP contribution in [0.3, 0.4) is 0 Å². The molecular weight excluding hydrogens is 204 g/mol. The lowest BCUT2D eigenvalue weighted by Crippen LogP contribution is -1.71. The molecule has 0 aliphatic heterocycles. The first-order valence-electron chi connectivity index (χ1n) is 3.18. The molecule has 0 bridgehead atoms. The van der Waals surface area contributed by atoms with E-state index >= 15 is 0 Å². The summed E-state index contributed by atoms with van der Waals surface area (Å²) < 4.78 is 0.925. The molecule has 2 heteroatoms. The average Bonchev–Trinajstić information content (AvgIpc) is 1.87. The molecule has 0 saturated carbocycles. The monoisotopic (exact) mass is 214 g/mol. The van der Waals surface area contributed by atoms with Crippen LogP contribution in [0.25, 0.3) is 0 Å². The van der Waals surface area contributed by atoms with Gasteiger partial charge in [0.15, 0.2) is 0 Å². The van der Waals surface area contributed by atoms with Crippen LogP contribution in [0.5, 0.6) is 0 Å². The molecule has 0 aliphatic rings. The fourth-order valence-electron chi connectivity index (χ4n) is 0.476. The zero-order valence-electron chi connectivity index (χ0n) is 6.26. The van der Waals surface area contributed by atoms with Crippen LogP contribution >= 0.6 is 15.9 Å². The number of halogens is 1. The zero-order valence-corrected chi connectivity index (χ0v) is 7.84. The normalized spacial score (nSPS) is 11.9. The van der Waals surface area contributed by atoms with Crippen molar-refractivity contribution < 1.29 is 5.11 Å². The molecule has 0 radical (unpaired) electrons. The highest BCUT2D eigenvalue weighted by Gasteiger charge is 1.83. The summed E-state index contributed by atoms with van der Waals surface area (Å²) in [6.45, 7) is 6.88. The van der Waals surface area contributed by atoms with Gasteiger partial charge < -0.3 is 5.11 Å². The fraction of sp³-hybridized carbons (Fsp3) is 0.111. The van der Waals surface area contributed by atoms with Crippen LogP contribution in [-0.4, -0.2) is 5.11 Å². The molecule has 0 spiro atoms. The summed E-state index contributed by atoms with van der Waals surface area (Å²) >= 11 is 3.28. The van der Waals surface area contributed by atoms with Crippen LogP contribution < -0.4 is 0 Å². The third-order valence-corrected chi connectivity index (χ3v) is 1.44. The standard InChI is InChI=1S/C9H11BrO/c1-3-5-9(10)7-4-6-8(2)11/h3-5,7,11H,1-2,6H2/b7-4+,9-5+. The lowest BCUT2D eigenvalue weighted by molar-refractivity contribution is 0.404. The summed E-state index contributed by atoms with van der Waals surface area (Å²) in [7, 11) is 0. The van der Waals surface area contributed by atoms with Crippen LogP contribution in [0.15, 0.2) is 47.7 Å². The molecular formula is C9H11BrO. The quantitative estimate of drug-likeness (QED) is 0.562. The first-order chi connectivity index (χ1) is 5.16. The Balaban J connectivity index is 3.83. The third-order valence-electron chi connectivity index (χ3n) is 0.908. The molecule has 1 nitrogen and oxygen atoms in total. The van der Waals surface area contributed by atoms with Gasteiger partial charge in [0.05, 0.1) is 5.76 Å². The Kier molecular flexibility index (Phi) is 5.57. The Labute approximate surface area is 75.6 Å². The SMILES string of the molecule is C=C/C=C(Br)\C=C\CC(=C)O. The van der Waals surface area contributed by atoms with Gasteiger partial charge >= 0.3 is 0 Å². The Bertz CT molecular complexity index is 202. The van der Waals surface area contributed by atoms with Crippen molar-refractivity contribution in [1.82, 2.24) is 0 Å². The smallest absolute Gasteiger partial charge is 0.0888 e. The van der Waals surface area contributed by atoms with E-state index in [9.17, 15) is 0 Å². The van der Waals surface area contributed by atoms with Crippen molar-refractivity contribution in [2.75, 3.05) is 0 Å². The van der Waals surface area contributed by atoms with Gasteiger partial charge in [0.25, 0.3) is 0 Å². The van der Waals surface area contributed by atoms with E-state index in [4.69, 9.17) is 5.11 Å². The number of aliphatic hydroxyl groups excluding tert-OH is 1. The van der Waals surface area contributed by atoms with E-state index in [0.717, 1.165) is 4.48 Å². The van der Waals surface area contributed by atoms with Crippen molar-refractivity contribution >= 4 is 15.9 Å². The van der Waals surface area contributed by atoms with E-state index in [-0.39, 0.29) is 5.76 Å². The predicted octanol–water partition coefficient (Wildman–Crippen LogP) is 3.47. The van der Waals surface area contributed by atoms with E-state index < -0.39 is 0 Å². The maximum absolute atomic E-state index is 8.69. The molecule has 0 unspecified atom stereocenters. The lowest BCUT2D eigenvalue weighted by Gasteiger charge is -1.88. The van der Waals surface area contributed by atoms with Gasteiger partial charge in [-0.05, 0) is 6.08 Å². The summed E-state index contributed by atoms with van der Waals surface area (Å²) in [4.78, 5) is 0. The van der Waals surface area contributed by atoms with Crippen LogP contribution in [0.1, 0.15) is 6.42 Å². The minimum atomic E-state index is 0.167. The zero-order chi connectivity index (χ0) is 8.69. The topological polar surface area (TPSA) is 20.2 Å². The number of allylic oxidation sites excluding steroid dienone is 5. The van der Waals surface area contributed by atoms with Crippen molar-refractivity contribution in [2.45, 2.75) is 6.42 Å². The van der Waals surface area contributed by atoms with Gasteiger partial charge in [0.1, 0.15) is 0 Å². The number of aliphatic hydroxyl groups is 1. The molecule has 1 N–H and O–H groups in total. The van der Waals surface area contributed by atoms with E-state index in [2.05, 4.69) is 29.1 Å². The second kappa shape index (κ2) is 5.98. The van der Waals surface area contributed by atoms with Crippen molar-refractivity contribution in [2.24, 2.45) is 0 Å². The lowest BCUT2D eigenvalue weighted by atomic mass is 10.3. The van der Waals surface area contributed by atoms with Crippen molar-refractivity contribution in [3.8, 4) is 0 Å². The summed E-state index contributed by atoms with van der Waals surface area (Å²) in [5.74, 6) is 0.167. The summed E-state index contributed by atoms with van der Waals surface area (Å²) in [5.41, 5.74) is 0. The van der Waals surface area contributed by atoms with Crippen molar-refractivity contribution in [3.05, 3.63) is 47.7 Å². The van der Waals surface area contributed by atoms with Crippen LogP contribution in [0, 0.1) is 0 Å². The molecule has 60 valence electrons. The van der Waals surface area contributed by atoms with E-state index in [1.807, 2.05) is 18.2 Å². The largest absolute Gasteiger partial charge is 0.513 e. The van der Waals surface area contributed by atoms with Gasteiger partial charge in [-0.15, -0.1) is 0 Å². The van der Waals surface area contributed by atoms with Crippen LogP contribution in [0.2, 0.25) is 0 Å². The second-order valence-corrected chi connectivity index (χ2v) is 2.88. The molecule has 0 rings (SSSR count). The minimum absolute atomic E-state index is 0.167. The Morgan fingerprint density at radius 3 is 2.64 bits per heavy atom. The van der Waals surface area contributed by atoms with Gasteiger partial charge in [-0.25, -0.2) is 0 Å². The Hall–Kier alpha value is -0.760. The Morgan fingerprint density at radius 2 is 2.18 bits per heavy atom. The first-order valence-corrected chi connectivity index (χ1v) is 3.97. The van der Waals surface area contributed by atoms with Gasteiger partial charge in [-0.1, -0.05) is 47.3 Å². The molecule has 0 heterocycles. The average molecular weight is 215 g/mol. The Morgan fingerprint density at radius 1 is 1.55 bits per heavy atom. The summed E-state index contributed by atoms with van der Waals surface area (Å²) in [6.07, 6.45) is 7.63. The van der Waals surface area contributed by atoms with E-state index in [1.165, 1.54) is 0 Å². The highest BCUT2D eigenvalue weighted by molar-refractivity contribution is 9.11. The minimum Gasteiger partial charge on any atom is -0.513 e. The number of hydrogen-bond donors (Lipinski definition) is 1. The number of rotatable bonds is 4. The summed E-state index contributed by atoms with van der Waals surface area (Å²) in [6, 6.07) is 0.